The van der Waals surface area contributed by atoms with Crippen LogP contribution in [0.25, 0.3) is 34.2 Å². The second kappa shape index (κ2) is 8.25. The molecule has 0 spiro atoms. The highest BCUT2D eigenvalue weighted by molar-refractivity contribution is 5.93. The van der Waals surface area contributed by atoms with Crippen molar-refractivity contribution in [1.29, 1.82) is 0 Å². The van der Waals surface area contributed by atoms with Crippen molar-refractivity contribution in [2.75, 3.05) is 26.8 Å². The summed E-state index contributed by atoms with van der Waals surface area (Å²) in [5.74, 6) is 0.668. The van der Waals surface area contributed by atoms with Gasteiger partial charge in [-0.05, 0) is 43.8 Å². The largest absolute Gasteiger partial charge is 0.476 e. The maximum atomic E-state index is 9.47. The highest BCUT2D eigenvalue weighted by Gasteiger charge is 2.18. The van der Waals surface area contributed by atoms with Gasteiger partial charge in [-0.25, -0.2) is 4.68 Å². The van der Waals surface area contributed by atoms with Crippen molar-refractivity contribution in [3.05, 3.63) is 47.0 Å². The van der Waals surface area contributed by atoms with Gasteiger partial charge in [0.15, 0.2) is 0 Å². The molecule has 2 bridgehead atoms. The van der Waals surface area contributed by atoms with E-state index in [1.807, 2.05) is 43.1 Å². The van der Waals surface area contributed by atoms with Gasteiger partial charge >= 0.3 is 0 Å². The summed E-state index contributed by atoms with van der Waals surface area (Å²) in [5, 5.41) is 27.2. The minimum Gasteiger partial charge on any atom is -0.476 e. The van der Waals surface area contributed by atoms with Gasteiger partial charge in [0, 0.05) is 31.1 Å². The normalized spacial score (nSPS) is 15.8. The number of aliphatic hydroxyl groups is 1. The molecule has 5 rings (SSSR count). The predicted octanol–water partition coefficient (Wildman–Crippen LogP) is 2.46. The van der Waals surface area contributed by atoms with E-state index < -0.39 is 0 Å². The molecule has 166 valence electrons. The Morgan fingerprint density at radius 2 is 2.09 bits per heavy atom. The number of aromatic amines is 1. The Hall–Kier alpha value is -3.43. The maximum absolute atomic E-state index is 9.47. The smallest absolute Gasteiger partial charge is 0.219 e. The second-order valence-electron chi connectivity index (χ2n) is 8.17. The van der Waals surface area contributed by atoms with Gasteiger partial charge in [-0.1, -0.05) is 6.07 Å². The topological polar surface area (TPSA) is 97.0 Å². The molecule has 3 aromatic heterocycles. The van der Waals surface area contributed by atoms with Gasteiger partial charge in [0.2, 0.25) is 5.88 Å². The van der Waals surface area contributed by atoms with Gasteiger partial charge in [0.05, 0.1) is 47.5 Å². The first-order valence-electron chi connectivity index (χ1n) is 10.7. The van der Waals surface area contributed by atoms with E-state index >= 15 is 0 Å². The van der Waals surface area contributed by atoms with Gasteiger partial charge in [-0.2, -0.15) is 15.3 Å². The van der Waals surface area contributed by atoms with E-state index in [0.717, 1.165) is 57.8 Å². The van der Waals surface area contributed by atoms with Crippen LogP contribution in [0.15, 0.2) is 24.4 Å². The van der Waals surface area contributed by atoms with Crippen LogP contribution in [0.5, 0.6) is 5.88 Å². The molecule has 9 nitrogen and oxygen atoms in total. The third-order valence-electron chi connectivity index (χ3n) is 5.94. The molecule has 0 unspecified atom stereocenters. The van der Waals surface area contributed by atoms with Crippen molar-refractivity contribution in [3.8, 4) is 17.0 Å². The van der Waals surface area contributed by atoms with Gasteiger partial charge in [-0.15, -0.1) is 0 Å². The SMILES string of the molecule is Cc1nn(CCO)c2c1/C=C/c1[nH]nc3ccc(cc13)-c1cnn(C)c1CN(C)CCO2. The van der Waals surface area contributed by atoms with Gasteiger partial charge in [0.25, 0.3) is 0 Å². The number of aliphatic hydroxyl groups excluding tert-OH is 1. The van der Waals surface area contributed by atoms with Crippen LogP contribution in [0.4, 0.5) is 0 Å². The summed E-state index contributed by atoms with van der Waals surface area (Å²) in [4.78, 5) is 2.22. The lowest BCUT2D eigenvalue weighted by molar-refractivity contribution is 0.206. The number of ether oxygens (including phenoxy) is 1. The molecule has 4 aromatic rings. The fourth-order valence-electron chi connectivity index (χ4n) is 4.18. The lowest BCUT2D eigenvalue weighted by Crippen LogP contribution is -2.26. The van der Waals surface area contributed by atoms with Crippen LogP contribution in [0.1, 0.15) is 22.6 Å². The summed E-state index contributed by atoms with van der Waals surface area (Å²) in [7, 11) is 4.05. The van der Waals surface area contributed by atoms with Crippen LogP contribution in [-0.4, -0.2) is 66.6 Å². The van der Waals surface area contributed by atoms with Crippen LogP contribution >= 0.6 is 0 Å². The predicted molar refractivity (Wildman–Crippen MR) is 123 cm³/mol. The molecule has 1 aliphatic rings. The number of aryl methyl sites for hydroxylation is 2. The molecule has 4 heterocycles. The number of nitrogens with zero attached hydrogens (tertiary/aromatic N) is 6. The first-order valence-corrected chi connectivity index (χ1v) is 10.7. The molecule has 0 saturated carbocycles. The fourth-order valence-corrected chi connectivity index (χ4v) is 4.18. The fraction of sp³-hybridized carbons (Fsp3) is 0.348. The van der Waals surface area contributed by atoms with Gasteiger partial charge in [-0.3, -0.25) is 14.7 Å². The molecule has 0 amide bonds. The molecule has 9 heteroatoms. The quantitative estimate of drug-likeness (QED) is 0.504. The van der Waals surface area contributed by atoms with Crippen molar-refractivity contribution >= 4 is 23.1 Å². The number of hydrogen-bond acceptors (Lipinski definition) is 6. The van der Waals surface area contributed by atoms with Crippen LogP contribution in [-0.2, 0) is 20.1 Å². The average Bonchev–Trinajstić information content (AvgIpc) is 3.43. The minimum atomic E-state index is -0.00222. The lowest BCUT2D eigenvalue weighted by atomic mass is 10.0. The summed E-state index contributed by atoms with van der Waals surface area (Å²) in [5.41, 5.74) is 6.95. The third-order valence-corrected chi connectivity index (χ3v) is 5.94. The first-order chi connectivity index (χ1) is 15.5. The van der Waals surface area contributed by atoms with Crippen LogP contribution in [0.2, 0.25) is 0 Å². The number of benzene rings is 1. The summed E-state index contributed by atoms with van der Waals surface area (Å²) >= 11 is 0. The summed E-state index contributed by atoms with van der Waals surface area (Å²) in [6.07, 6.45) is 5.94. The molecule has 0 radical (unpaired) electrons. The average molecular weight is 434 g/mol. The molecular formula is C23H27N7O2. The summed E-state index contributed by atoms with van der Waals surface area (Å²) < 4.78 is 9.85. The standard InChI is InChI=1S/C23H27N7O2/c1-15-17-5-7-21-18-12-16(4-6-20(18)25-26-21)19-13-24-29(3)22(19)14-28(2)9-11-32-23(17)30(27-15)8-10-31/h4-7,12-13,31H,8-11,14H2,1-3H3,(H,25,26)/b7-5+. The van der Waals surface area contributed by atoms with E-state index in [0.29, 0.717) is 19.0 Å². The van der Waals surface area contributed by atoms with E-state index in [1.165, 1.54) is 0 Å². The number of fused-ring (bicyclic) bond motifs is 4. The molecule has 1 aromatic carbocycles. The van der Waals surface area contributed by atoms with Gasteiger partial charge in [0.1, 0.15) is 6.61 Å². The van der Waals surface area contributed by atoms with E-state index in [-0.39, 0.29) is 6.61 Å². The highest BCUT2D eigenvalue weighted by Crippen LogP contribution is 2.30. The number of H-pyrrole nitrogens is 1. The summed E-state index contributed by atoms with van der Waals surface area (Å²) in [6.45, 7) is 4.31. The molecular weight excluding hydrogens is 406 g/mol. The molecule has 32 heavy (non-hydrogen) atoms. The molecule has 0 aliphatic carbocycles. The molecule has 0 atom stereocenters. The van der Waals surface area contributed by atoms with E-state index in [9.17, 15) is 5.11 Å². The zero-order valence-corrected chi connectivity index (χ0v) is 18.5. The Labute approximate surface area is 185 Å². The van der Waals surface area contributed by atoms with E-state index in [4.69, 9.17) is 4.74 Å². The van der Waals surface area contributed by atoms with Crippen molar-refractivity contribution < 1.29 is 9.84 Å². The van der Waals surface area contributed by atoms with Crippen LogP contribution < -0.4 is 4.74 Å². The lowest BCUT2D eigenvalue weighted by Gasteiger charge is -2.18. The Kier molecular flexibility index (Phi) is 5.28. The monoisotopic (exact) mass is 433 g/mol. The highest BCUT2D eigenvalue weighted by atomic mass is 16.5. The Bertz CT molecular complexity index is 1300. The number of rotatable bonds is 2. The first kappa shape index (κ1) is 20.5. The molecule has 1 aliphatic heterocycles. The number of nitrogens with one attached hydrogen (secondary N) is 1. The van der Waals surface area contributed by atoms with Crippen LogP contribution in [0, 0.1) is 6.92 Å². The van der Waals surface area contributed by atoms with Crippen molar-refractivity contribution in [2.45, 2.75) is 20.0 Å². The van der Waals surface area contributed by atoms with Crippen molar-refractivity contribution in [1.82, 2.24) is 34.7 Å². The number of aromatic nitrogens is 6. The zero-order chi connectivity index (χ0) is 22.2. The maximum Gasteiger partial charge on any atom is 0.219 e. The molecule has 2 N–H and O–H groups in total. The number of likely N-dealkylation sites (N-methyl/N-ethyl adjacent to an activating group) is 1. The van der Waals surface area contributed by atoms with Crippen molar-refractivity contribution in [3.63, 3.8) is 0 Å². The summed E-state index contributed by atoms with van der Waals surface area (Å²) in [6, 6.07) is 6.30. The number of hydrogen-bond donors (Lipinski definition) is 2. The Morgan fingerprint density at radius 3 is 2.94 bits per heavy atom. The van der Waals surface area contributed by atoms with Crippen LogP contribution in [0.3, 0.4) is 0 Å². The molecule has 0 fully saturated rings. The van der Waals surface area contributed by atoms with Gasteiger partial charge < -0.3 is 9.84 Å². The van der Waals surface area contributed by atoms with E-state index in [2.05, 4.69) is 44.5 Å². The minimum absolute atomic E-state index is 0.00222. The zero-order valence-electron chi connectivity index (χ0n) is 18.5. The van der Waals surface area contributed by atoms with E-state index in [1.54, 1.807) is 4.68 Å². The Balaban J connectivity index is 1.66. The molecule has 0 saturated heterocycles. The Morgan fingerprint density at radius 1 is 1.22 bits per heavy atom. The third kappa shape index (κ3) is 3.59. The second-order valence-corrected chi connectivity index (χ2v) is 8.17. The van der Waals surface area contributed by atoms with Crippen molar-refractivity contribution in [2.24, 2.45) is 7.05 Å².